The average Bonchev–Trinajstić information content (AvgIpc) is 2.71. The summed E-state index contributed by atoms with van der Waals surface area (Å²) in [5, 5.41) is 5.87. The van der Waals surface area contributed by atoms with Crippen molar-refractivity contribution in [3.8, 4) is 5.75 Å². The van der Waals surface area contributed by atoms with E-state index in [0.717, 1.165) is 12.3 Å². The minimum atomic E-state index is -1.91. The summed E-state index contributed by atoms with van der Waals surface area (Å²) in [6.45, 7) is 3.44. The summed E-state index contributed by atoms with van der Waals surface area (Å²) in [7, 11) is 4.20. The molecule has 27 heavy (non-hydrogen) atoms. The van der Waals surface area contributed by atoms with Crippen LogP contribution in [0.1, 0.15) is 13.3 Å². The molecule has 0 fully saturated rings. The van der Waals surface area contributed by atoms with E-state index in [1.165, 1.54) is 34.5 Å². The van der Waals surface area contributed by atoms with Gasteiger partial charge < -0.3 is 9.64 Å². The molecule has 3 aromatic carbocycles. The third kappa shape index (κ3) is 4.09. The molecule has 0 aliphatic carbocycles. The summed E-state index contributed by atoms with van der Waals surface area (Å²) in [6.07, 6.45) is 1.20. The van der Waals surface area contributed by atoms with E-state index in [9.17, 15) is 0 Å². The Hall–Kier alpha value is -2.10. The maximum absolute atomic E-state index is 5.42. The number of benzene rings is 3. The molecule has 2 nitrogen and oxygen atoms in total. The lowest BCUT2D eigenvalue weighted by Crippen LogP contribution is -2.59. The van der Waals surface area contributed by atoms with Gasteiger partial charge in [0, 0.05) is 0 Å². The molecule has 3 rings (SSSR count). The minimum Gasteiger partial charge on any atom is -0.497 e. The molecule has 1 atom stereocenters. The predicted molar refractivity (Wildman–Crippen MR) is 120 cm³/mol. The zero-order valence-electron chi connectivity index (χ0n) is 17.0. The van der Waals surface area contributed by atoms with Gasteiger partial charge >= 0.3 is 0 Å². The van der Waals surface area contributed by atoms with E-state index in [-0.39, 0.29) is 0 Å². The number of fused-ring (bicyclic) bond motifs is 1. The van der Waals surface area contributed by atoms with E-state index in [4.69, 9.17) is 4.74 Å². The lowest BCUT2D eigenvalue weighted by molar-refractivity contribution is 0.415. The van der Waals surface area contributed by atoms with Gasteiger partial charge in [-0.15, -0.1) is 0 Å². The van der Waals surface area contributed by atoms with E-state index >= 15 is 0 Å². The topological polar surface area (TPSA) is 12.5 Å². The maximum atomic E-state index is 5.42. The van der Waals surface area contributed by atoms with E-state index < -0.39 is 8.07 Å². The molecule has 3 heteroatoms. The molecule has 0 heterocycles. The van der Waals surface area contributed by atoms with Gasteiger partial charge in [0.25, 0.3) is 0 Å². The van der Waals surface area contributed by atoms with Gasteiger partial charge in [0.05, 0.1) is 7.11 Å². The smallest absolute Gasteiger partial charge is 0.120 e. The fourth-order valence-corrected chi connectivity index (χ4v) is 9.56. The first-order chi connectivity index (χ1) is 13.1. The van der Waals surface area contributed by atoms with E-state index in [1.54, 1.807) is 12.3 Å². The summed E-state index contributed by atoms with van der Waals surface area (Å²) in [5.41, 5.74) is 0. The summed E-state index contributed by atoms with van der Waals surface area (Å²) in [6, 6.07) is 27.1. The molecule has 0 N–H and O–H groups in total. The van der Waals surface area contributed by atoms with Crippen LogP contribution in [0.25, 0.3) is 10.8 Å². The van der Waals surface area contributed by atoms with Crippen molar-refractivity contribution in [2.24, 2.45) is 0 Å². The van der Waals surface area contributed by atoms with Gasteiger partial charge in [-0.3, -0.25) is 0 Å². The lowest BCUT2D eigenvalue weighted by Gasteiger charge is -2.35. The minimum absolute atomic E-state index is 0.934. The molecule has 0 bridgehead atoms. The first-order valence-electron chi connectivity index (χ1n) is 9.88. The van der Waals surface area contributed by atoms with Gasteiger partial charge in [0.15, 0.2) is 0 Å². The van der Waals surface area contributed by atoms with Crippen LogP contribution in [0.15, 0.2) is 66.7 Å². The summed E-state index contributed by atoms with van der Waals surface area (Å²) >= 11 is 0. The van der Waals surface area contributed by atoms with Gasteiger partial charge in [-0.2, -0.15) is 0 Å². The Bertz CT molecular complexity index is 870. The quantitative estimate of drug-likeness (QED) is 0.540. The molecule has 0 aromatic heterocycles. The molecule has 0 spiro atoms. The van der Waals surface area contributed by atoms with Crippen LogP contribution in [0.2, 0.25) is 12.1 Å². The third-order valence-corrected chi connectivity index (χ3v) is 10.9. The normalized spacial score (nSPS) is 13.7. The van der Waals surface area contributed by atoms with Crippen LogP contribution in [-0.2, 0) is 0 Å². The highest BCUT2D eigenvalue weighted by molar-refractivity contribution is 7.03. The molecule has 0 saturated heterocycles. The van der Waals surface area contributed by atoms with Gasteiger partial charge in [-0.1, -0.05) is 73.1 Å². The Kier molecular flexibility index (Phi) is 6.35. The Morgan fingerprint density at radius 1 is 0.852 bits per heavy atom. The van der Waals surface area contributed by atoms with Crippen molar-refractivity contribution in [2.75, 3.05) is 27.7 Å². The molecule has 142 valence electrons. The van der Waals surface area contributed by atoms with Crippen molar-refractivity contribution >= 4 is 29.2 Å². The molecule has 1 unspecified atom stereocenters. The Morgan fingerprint density at radius 3 is 2.22 bits per heavy atom. The van der Waals surface area contributed by atoms with E-state index in [0.29, 0.717) is 0 Å². The second-order valence-electron chi connectivity index (χ2n) is 7.64. The van der Waals surface area contributed by atoms with E-state index in [1.807, 2.05) is 0 Å². The molecule has 0 amide bonds. The fourth-order valence-electron chi connectivity index (χ4n) is 4.23. The van der Waals surface area contributed by atoms with Crippen LogP contribution in [0.5, 0.6) is 5.75 Å². The fraction of sp³-hybridized carbons (Fsp3) is 0.333. The van der Waals surface area contributed by atoms with Crippen LogP contribution in [-0.4, -0.2) is 40.7 Å². The highest BCUT2D eigenvalue weighted by atomic mass is 28.3. The number of rotatable bonds is 8. The predicted octanol–water partition coefficient (Wildman–Crippen LogP) is 4.38. The van der Waals surface area contributed by atoms with Crippen LogP contribution in [0.3, 0.4) is 0 Å². The van der Waals surface area contributed by atoms with Gasteiger partial charge in [-0.05, 0) is 60.8 Å². The van der Waals surface area contributed by atoms with Crippen molar-refractivity contribution in [3.63, 3.8) is 0 Å². The molecule has 3 aromatic rings. The highest BCUT2D eigenvalue weighted by Gasteiger charge is 2.37. The number of ether oxygens (including phenoxy) is 1. The van der Waals surface area contributed by atoms with Crippen molar-refractivity contribution in [1.29, 1.82) is 0 Å². The molecule has 0 aliphatic rings. The number of hydrogen-bond acceptors (Lipinski definition) is 2. The molecule has 0 saturated carbocycles. The standard InChI is InChI=1S/C24H31NOSi/c1-5-18-27(19-17-25(2)3,22-15-13-21(26-4)14-16-22)24-12-8-10-20-9-6-7-11-23(20)24/h6-16H,5,17-19H2,1-4H3. The SMILES string of the molecule is CCC[Si](CCN(C)C)(c1ccc(OC)cc1)c1cccc2ccccc12. The summed E-state index contributed by atoms with van der Waals surface area (Å²) in [4.78, 5) is 2.33. The second kappa shape index (κ2) is 8.72. The maximum Gasteiger partial charge on any atom is 0.120 e. The Balaban J connectivity index is 2.23. The Labute approximate surface area is 164 Å². The molecular formula is C24H31NOSi. The van der Waals surface area contributed by atoms with Gasteiger partial charge in [-0.25, -0.2) is 0 Å². The van der Waals surface area contributed by atoms with Crippen molar-refractivity contribution in [2.45, 2.75) is 25.4 Å². The average molecular weight is 378 g/mol. The van der Waals surface area contributed by atoms with Crippen LogP contribution in [0, 0.1) is 0 Å². The van der Waals surface area contributed by atoms with Crippen molar-refractivity contribution < 1.29 is 4.74 Å². The summed E-state index contributed by atoms with van der Waals surface area (Å²) < 4.78 is 5.42. The first kappa shape index (κ1) is 19.7. The molecule has 0 radical (unpaired) electrons. The van der Waals surface area contributed by atoms with Crippen LogP contribution < -0.4 is 15.1 Å². The van der Waals surface area contributed by atoms with Crippen molar-refractivity contribution in [3.05, 3.63) is 66.7 Å². The summed E-state index contributed by atoms with van der Waals surface area (Å²) in [5.74, 6) is 0.934. The number of hydrogen-bond donors (Lipinski definition) is 0. The van der Waals surface area contributed by atoms with Gasteiger partial charge in [0.2, 0.25) is 0 Å². The molecular weight excluding hydrogens is 346 g/mol. The monoisotopic (exact) mass is 377 g/mol. The third-order valence-electron chi connectivity index (χ3n) is 5.61. The zero-order chi connectivity index (χ0) is 19.3. The first-order valence-corrected chi connectivity index (χ1v) is 12.3. The van der Waals surface area contributed by atoms with Crippen LogP contribution in [0.4, 0.5) is 0 Å². The lowest BCUT2D eigenvalue weighted by atomic mass is 10.1. The van der Waals surface area contributed by atoms with Crippen LogP contribution >= 0.6 is 0 Å². The largest absolute Gasteiger partial charge is 0.497 e. The number of nitrogens with zero attached hydrogens (tertiary/aromatic N) is 1. The second-order valence-corrected chi connectivity index (χ2v) is 11.9. The number of methoxy groups -OCH3 is 1. The van der Waals surface area contributed by atoms with E-state index in [2.05, 4.69) is 92.6 Å². The van der Waals surface area contributed by atoms with Gasteiger partial charge in [0.1, 0.15) is 13.8 Å². The molecule has 0 aliphatic heterocycles. The zero-order valence-corrected chi connectivity index (χ0v) is 18.0. The Morgan fingerprint density at radius 2 is 1.56 bits per heavy atom. The highest BCUT2D eigenvalue weighted by Crippen LogP contribution is 2.24. The van der Waals surface area contributed by atoms with Crippen molar-refractivity contribution in [1.82, 2.24) is 4.90 Å².